The van der Waals surface area contributed by atoms with E-state index in [1.54, 1.807) is 0 Å². The molecule has 3 atom stereocenters. The van der Waals surface area contributed by atoms with Crippen LogP contribution in [0.15, 0.2) is 0 Å². The monoisotopic (exact) mass is 201 g/mol. The summed E-state index contributed by atoms with van der Waals surface area (Å²) in [7, 11) is 0. The first kappa shape index (κ1) is 13.1. The maximum Gasteiger partial charge on any atom is 0.302 e. The molecule has 0 aliphatic carbocycles. The lowest BCUT2D eigenvalue weighted by Gasteiger charge is -2.26. The SMILES string of the molecule is CCC(C)C(OC(C)=O)C(N)C(C)=O. The van der Waals surface area contributed by atoms with Crippen LogP contribution in [0.2, 0.25) is 0 Å². The van der Waals surface area contributed by atoms with Crippen LogP contribution in [0.4, 0.5) is 0 Å². The molecular formula is C10H19NO3. The first-order valence-electron chi connectivity index (χ1n) is 4.83. The van der Waals surface area contributed by atoms with Crippen LogP contribution in [0.1, 0.15) is 34.1 Å². The summed E-state index contributed by atoms with van der Waals surface area (Å²) in [5, 5.41) is 0. The van der Waals surface area contributed by atoms with E-state index in [0.717, 1.165) is 6.42 Å². The number of esters is 1. The summed E-state index contributed by atoms with van der Waals surface area (Å²) >= 11 is 0. The van der Waals surface area contributed by atoms with Crippen LogP contribution in [0.5, 0.6) is 0 Å². The van der Waals surface area contributed by atoms with Gasteiger partial charge in [0, 0.05) is 6.92 Å². The summed E-state index contributed by atoms with van der Waals surface area (Å²) in [4.78, 5) is 21.9. The highest BCUT2D eigenvalue weighted by Gasteiger charge is 2.28. The quantitative estimate of drug-likeness (QED) is 0.670. The lowest BCUT2D eigenvalue weighted by molar-refractivity contribution is -0.151. The number of carbonyl (C=O) groups is 2. The smallest absolute Gasteiger partial charge is 0.302 e. The summed E-state index contributed by atoms with van der Waals surface area (Å²) in [5.41, 5.74) is 5.66. The largest absolute Gasteiger partial charge is 0.460 e. The molecule has 0 aliphatic rings. The third-order valence-electron chi connectivity index (χ3n) is 2.33. The molecule has 0 radical (unpaired) electrons. The fraction of sp³-hybridized carbons (Fsp3) is 0.800. The van der Waals surface area contributed by atoms with E-state index in [2.05, 4.69) is 0 Å². The van der Waals surface area contributed by atoms with Crippen LogP contribution in [0, 0.1) is 5.92 Å². The van der Waals surface area contributed by atoms with E-state index in [0.29, 0.717) is 0 Å². The van der Waals surface area contributed by atoms with Crippen molar-refractivity contribution in [3.63, 3.8) is 0 Å². The van der Waals surface area contributed by atoms with Crippen molar-refractivity contribution in [3.05, 3.63) is 0 Å². The van der Waals surface area contributed by atoms with E-state index in [1.807, 2.05) is 13.8 Å². The highest BCUT2D eigenvalue weighted by Crippen LogP contribution is 2.15. The maximum absolute atomic E-state index is 11.1. The van der Waals surface area contributed by atoms with E-state index < -0.39 is 18.1 Å². The fourth-order valence-corrected chi connectivity index (χ4v) is 1.20. The fourth-order valence-electron chi connectivity index (χ4n) is 1.20. The molecule has 0 spiro atoms. The molecule has 14 heavy (non-hydrogen) atoms. The molecule has 0 bridgehead atoms. The Morgan fingerprint density at radius 3 is 2.14 bits per heavy atom. The van der Waals surface area contributed by atoms with E-state index >= 15 is 0 Å². The van der Waals surface area contributed by atoms with Crippen LogP contribution in [-0.2, 0) is 14.3 Å². The van der Waals surface area contributed by atoms with E-state index in [9.17, 15) is 9.59 Å². The van der Waals surface area contributed by atoms with Crippen molar-refractivity contribution in [1.82, 2.24) is 0 Å². The molecule has 0 amide bonds. The van der Waals surface area contributed by atoms with Crippen molar-refractivity contribution >= 4 is 11.8 Å². The van der Waals surface area contributed by atoms with Crippen LogP contribution in [0.25, 0.3) is 0 Å². The van der Waals surface area contributed by atoms with Crippen molar-refractivity contribution in [2.24, 2.45) is 11.7 Å². The molecule has 4 heteroatoms. The minimum Gasteiger partial charge on any atom is -0.460 e. The standard InChI is InChI=1S/C10H19NO3/c1-5-6(2)10(14-8(4)13)9(11)7(3)12/h6,9-10H,5,11H2,1-4H3. The summed E-state index contributed by atoms with van der Waals surface area (Å²) in [6.45, 7) is 6.61. The van der Waals surface area contributed by atoms with Crippen molar-refractivity contribution < 1.29 is 14.3 Å². The highest BCUT2D eigenvalue weighted by atomic mass is 16.5. The predicted octanol–water partition coefficient (Wildman–Crippen LogP) is 0.880. The van der Waals surface area contributed by atoms with Gasteiger partial charge in [-0.15, -0.1) is 0 Å². The summed E-state index contributed by atoms with van der Waals surface area (Å²) < 4.78 is 5.04. The lowest BCUT2D eigenvalue weighted by atomic mass is 9.94. The molecule has 0 aromatic rings. The van der Waals surface area contributed by atoms with Gasteiger partial charge in [-0.3, -0.25) is 9.59 Å². The van der Waals surface area contributed by atoms with Crippen molar-refractivity contribution in [2.45, 2.75) is 46.3 Å². The highest BCUT2D eigenvalue weighted by molar-refractivity contribution is 5.82. The third kappa shape index (κ3) is 3.87. The number of nitrogens with two attached hydrogens (primary N) is 1. The first-order valence-corrected chi connectivity index (χ1v) is 4.83. The van der Waals surface area contributed by atoms with Crippen LogP contribution in [0.3, 0.4) is 0 Å². The van der Waals surface area contributed by atoms with Gasteiger partial charge in [0.25, 0.3) is 0 Å². The topological polar surface area (TPSA) is 69.4 Å². The van der Waals surface area contributed by atoms with E-state index in [-0.39, 0.29) is 11.7 Å². The van der Waals surface area contributed by atoms with Crippen molar-refractivity contribution in [2.75, 3.05) is 0 Å². The van der Waals surface area contributed by atoms with Gasteiger partial charge in [-0.2, -0.15) is 0 Å². The minimum absolute atomic E-state index is 0.0952. The number of ether oxygens (including phenoxy) is 1. The van der Waals surface area contributed by atoms with Crippen LogP contribution < -0.4 is 5.73 Å². The van der Waals surface area contributed by atoms with Crippen molar-refractivity contribution in [3.8, 4) is 0 Å². The second-order valence-corrected chi connectivity index (χ2v) is 3.60. The molecule has 0 fully saturated rings. The van der Waals surface area contributed by atoms with Gasteiger partial charge in [-0.25, -0.2) is 0 Å². The number of ketones is 1. The number of hydrogen-bond donors (Lipinski definition) is 1. The molecule has 0 saturated carbocycles. The number of hydrogen-bond acceptors (Lipinski definition) is 4. The normalized spacial score (nSPS) is 16.9. The zero-order chi connectivity index (χ0) is 11.3. The zero-order valence-corrected chi connectivity index (χ0v) is 9.24. The Kier molecular flexibility index (Phi) is 5.38. The molecule has 3 unspecified atom stereocenters. The Morgan fingerprint density at radius 2 is 1.86 bits per heavy atom. The predicted molar refractivity (Wildman–Crippen MR) is 53.7 cm³/mol. The van der Waals surface area contributed by atoms with Gasteiger partial charge in [0.05, 0.1) is 0 Å². The first-order chi connectivity index (χ1) is 6.40. The van der Waals surface area contributed by atoms with Gasteiger partial charge >= 0.3 is 5.97 Å². The Hall–Kier alpha value is -0.900. The molecule has 0 aromatic heterocycles. The molecule has 0 aliphatic heterocycles. The molecule has 0 saturated heterocycles. The van der Waals surface area contributed by atoms with E-state index in [1.165, 1.54) is 13.8 Å². The number of Topliss-reactive ketones (excluding diaryl/α,β-unsaturated/α-hetero) is 1. The lowest BCUT2D eigenvalue weighted by Crippen LogP contribution is -2.46. The minimum atomic E-state index is -0.714. The van der Waals surface area contributed by atoms with Gasteiger partial charge in [-0.05, 0) is 19.3 Å². The third-order valence-corrected chi connectivity index (χ3v) is 2.33. The Morgan fingerprint density at radius 1 is 1.36 bits per heavy atom. The molecule has 82 valence electrons. The Balaban J connectivity index is 4.53. The average molecular weight is 201 g/mol. The van der Waals surface area contributed by atoms with Crippen LogP contribution >= 0.6 is 0 Å². The Labute approximate surface area is 84.8 Å². The number of rotatable bonds is 5. The molecule has 0 heterocycles. The average Bonchev–Trinajstić information content (AvgIpc) is 2.11. The second kappa shape index (κ2) is 5.75. The molecule has 4 nitrogen and oxygen atoms in total. The van der Waals surface area contributed by atoms with Gasteiger partial charge in [0.1, 0.15) is 17.9 Å². The van der Waals surface area contributed by atoms with Gasteiger partial charge in [0.2, 0.25) is 0 Å². The molecule has 2 N–H and O–H groups in total. The molecule has 0 aromatic carbocycles. The summed E-state index contributed by atoms with van der Waals surface area (Å²) in [6.07, 6.45) is 0.314. The second-order valence-electron chi connectivity index (χ2n) is 3.60. The Bertz CT molecular complexity index is 215. The molecular weight excluding hydrogens is 182 g/mol. The summed E-state index contributed by atoms with van der Waals surface area (Å²) in [6, 6.07) is -0.714. The van der Waals surface area contributed by atoms with Crippen LogP contribution in [-0.4, -0.2) is 23.9 Å². The number of carbonyl (C=O) groups excluding carboxylic acids is 2. The van der Waals surface area contributed by atoms with Gasteiger partial charge in [0.15, 0.2) is 0 Å². The van der Waals surface area contributed by atoms with Crippen molar-refractivity contribution in [1.29, 1.82) is 0 Å². The zero-order valence-electron chi connectivity index (χ0n) is 9.24. The van der Waals surface area contributed by atoms with Gasteiger partial charge in [-0.1, -0.05) is 13.8 Å². The van der Waals surface area contributed by atoms with E-state index in [4.69, 9.17) is 10.5 Å². The molecule has 0 rings (SSSR count). The van der Waals surface area contributed by atoms with Gasteiger partial charge < -0.3 is 10.5 Å². The maximum atomic E-state index is 11.1. The summed E-state index contributed by atoms with van der Waals surface area (Å²) in [5.74, 6) is -0.457.